The molecule has 0 radical (unpaired) electrons. The van der Waals surface area contributed by atoms with Gasteiger partial charge in [0.25, 0.3) is 0 Å². The van der Waals surface area contributed by atoms with Crippen molar-refractivity contribution in [2.45, 2.75) is 31.6 Å². The molecule has 0 aliphatic heterocycles. The first-order valence-electron chi connectivity index (χ1n) is 21.2. The van der Waals surface area contributed by atoms with Gasteiger partial charge < -0.3 is 5.41 Å². The molecular weight excluding hydrogens is 737 g/mol. The highest BCUT2D eigenvalue weighted by Crippen LogP contribution is 2.56. The van der Waals surface area contributed by atoms with Gasteiger partial charge in [-0.15, -0.1) is 0 Å². The van der Waals surface area contributed by atoms with Gasteiger partial charge in [0, 0.05) is 28.2 Å². The third kappa shape index (κ3) is 5.63. The average Bonchev–Trinajstić information content (AvgIpc) is 3.72. The van der Waals surface area contributed by atoms with E-state index in [0.717, 1.165) is 27.8 Å². The standard InChI is InChI=1S/C59H44N2/c1-58(2)56-43-24-11-10-18-38(43)32-35-48(56)47-28-16-27-46(57(47)58)45-34-33-40(42-23-12-13-25-44(42)45)37-61-54(36-53(60)39-19-6-4-7-20-39)50-29-17-31-52-55(50)49-26-14-15-30-51(49)59(52,3)41-21-8-5-9-22-41/h4-37,60H,1-3H3/b54-36-,60-53?,61-37?. The SMILES string of the molecule is CC1(C)c2c(cccc2-c2ccc(C=N/C(=C\C(=N)c3ccccc3)c3cccc4c3-c3ccccc3C4(C)c3ccccc3)c3ccccc23)-c2ccc3ccccc3c21. The number of nitrogens with one attached hydrogen (secondary N) is 1. The first-order chi connectivity index (χ1) is 29.8. The fraction of sp³-hybridized carbons (Fsp3) is 0.0847. The summed E-state index contributed by atoms with van der Waals surface area (Å²) < 4.78 is 0. The number of nitrogens with zero attached hydrogens (tertiary/aromatic N) is 1. The maximum atomic E-state index is 9.34. The number of allylic oxidation sites excluding steroid dienone is 1. The molecule has 0 saturated carbocycles. The summed E-state index contributed by atoms with van der Waals surface area (Å²) in [5, 5.41) is 14.3. The summed E-state index contributed by atoms with van der Waals surface area (Å²) in [5.41, 5.74) is 17.5. The highest BCUT2D eigenvalue weighted by molar-refractivity contribution is 6.13. The molecule has 11 rings (SSSR count). The van der Waals surface area contributed by atoms with Crippen LogP contribution in [0.1, 0.15) is 65.3 Å². The van der Waals surface area contributed by atoms with Crippen molar-refractivity contribution >= 4 is 39.2 Å². The van der Waals surface area contributed by atoms with Gasteiger partial charge in [0.1, 0.15) is 0 Å². The van der Waals surface area contributed by atoms with Crippen LogP contribution in [0.4, 0.5) is 0 Å². The summed E-state index contributed by atoms with van der Waals surface area (Å²) in [6.07, 6.45) is 3.95. The van der Waals surface area contributed by atoms with E-state index in [9.17, 15) is 5.41 Å². The molecule has 2 heteroatoms. The van der Waals surface area contributed by atoms with Crippen LogP contribution >= 0.6 is 0 Å². The molecule has 2 nitrogen and oxygen atoms in total. The third-order valence-electron chi connectivity index (χ3n) is 13.5. The Morgan fingerprint density at radius 2 is 1.07 bits per heavy atom. The minimum Gasteiger partial charge on any atom is -0.300 e. The highest BCUT2D eigenvalue weighted by Gasteiger charge is 2.42. The molecule has 0 amide bonds. The van der Waals surface area contributed by atoms with E-state index in [-0.39, 0.29) is 10.8 Å². The van der Waals surface area contributed by atoms with E-state index in [2.05, 4.69) is 185 Å². The zero-order chi connectivity index (χ0) is 41.3. The summed E-state index contributed by atoms with van der Waals surface area (Å²) >= 11 is 0. The van der Waals surface area contributed by atoms with Gasteiger partial charge in [0.2, 0.25) is 0 Å². The molecule has 1 N–H and O–H groups in total. The summed E-state index contributed by atoms with van der Waals surface area (Å²) in [7, 11) is 0. The number of hydrogen-bond donors (Lipinski definition) is 1. The normalized spacial score (nSPS) is 16.1. The molecule has 0 spiro atoms. The van der Waals surface area contributed by atoms with Crippen molar-refractivity contribution in [3.05, 3.63) is 245 Å². The lowest BCUT2D eigenvalue weighted by Gasteiger charge is -2.28. The number of rotatable bonds is 7. The van der Waals surface area contributed by atoms with Crippen molar-refractivity contribution in [2.24, 2.45) is 4.99 Å². The molecule has 1 atom stereocenters. The third-order valence-corrected chi connectivity index (χ3v) is 13.5. The van der Waals surface area contributed by atoms with Gasteiger partial charge in [-0.05, 0) is 101 Å². The lowest BCUT2D eigenvalue weighted by atomic mass is 9.74. The number of aliphatic imine (C=N–C) groups is 1. The lowest BCUT2D eigenvalue weighted by Crippen LogP contribution is -2.22. The van der Waals surface area contributed by atoms with Gasteiger partial charge in [-0.1, -0.05) is 208 Å². The number of hydrogen-bond acceptors (Lipinski definition) is 2. The van der Waals surface area contributed by atoms with Crippen LogP contribution in [0.5, 0.6) is 0 Å². The van der Waals surface area contributed by atoms with Crippen LogP contribution in [0.3, 0.4) is 0 Å². The van der Waals surface area contributed by atoms with Crippen LogP contribution in [0.15, 0.2) is 205 Å². The maximum Gasteiger partial charge on any atom is 0.0729 e. The monoisotopic (exact) mass is 780 g/mol. The molecule has 9 aromatic rings. The van der Waals surface area contributed by atoms with Crippen molar-refractivity contribution in [1.82, 2.24) is 0 Å². The van der Waals surface area contributed by atoms with Crippen LogP contribution in [0.2, 0.25) is 0 Å². The van der Waals surface area contributed by atoms with Gasteiger partial charge in [0.05, 0.1) is 11.4 Å². The average molecular weight is 781 g/mol. The van der Waals surface area contributed by atoms with Crippen LogP contribution < -0.4 is 0 Å². The van der Waals surface area contributed by atoms with Crippen molar-refractivity contribution in [1.29, 1.82) is 5.41 Å². The van der Waals surface area contributed by atoms with Crippen molar-refractivity contribution in [2.75, 3.05) is 0 Å². The number of benzene rings is 9. The zero-order valence-electron chi connectivity index (χ0n) is 34.6. The highest BCUT2D eigenvalue weighted by atomic mass is 14.7. The van der Waals surface area contributed by atoms with Crippen LogP contribution in [0, 0.1) is 5.41 Å². The van der Waals surface area contributed by atoms with Crippen LogP contribution in [0.25, 0.3) is 60.6 Å². The topological polar surface area (TPSA) is 36.2 Å². The molecule has 0 heterocycles. The summed E-state index contributed by atoms with van der Waals surface area (Å²) in [6, 6.07) is 69.6. The summed E-state index contributed by atoms with van der Waals surface area (Å²) in [5.74, 6) is 0. The molecular formula is C59H44N2. The molecule has 2 aliphatic rings. The predicted molar refractivity (Wildman–Crippen MR) is 257 cm³/mol. The Labute approximate surface area is 357 Å². The Kier molecular flexibility index (Phi) is 8.47. The Morgan fingerprint density at radius 1 is 0.475 bits per heavy atom. The minimum atomic E-state index is -0.350. The zero-order valence-corrected chi connectivity index (χ0v) is 34.6. The molecule has 0 fully saturated rings. The van der Waals surface area contributed by atoms with E-state index in [1.54, 1.807) is 0 Å². The molecule has 0 saturated heterocycles. The predicted octanol–water partition coefficient (Wildman–Crippen LogP) is 14.8. The maximum absolute atomic E-state index is 9.34. The van der Waals surface area contributed by atoms with E-state index < -0.39 is 0 Å². The Bertz CT molecular complexity index is 3300. The Balaban J connectivity index is 1.07. The van der Waals surface area contributed by atoms with Gasteiger partial charge in [-0.3, -0.25) is 4.99 Å². The van der Waals surface area contributed by atoms with Gasteiger partial charge in [-0.2, -0.15) is 0 Å². The fourth-order valence-electron chi connectivity index (χ4n) is 10.6. The molecule has 290 valence electrons. The second-order valence-electron chi connectivity index (χ2n) is 17.1. The fourth-order valence-corrected chi connectivity index (χ4v) is 10.6. The molecule has 1 unspecified atom stereocenters. The van der Waals surface area contributed by atoms with Crippen LogP contribution in [-0.2, 0) is 10.8 Å². The van der Waals surface area contributed by atoms with Crippen LogP contribution in [-0.4, -0.2) is 11.9 Å². The van der Waals surface area contributed by atoms with E-state index in [1.165, 1.54) is 77.4 Å². The summed E-state index contributed by atoms with van der Waals surface area (Å²) in [4.78, 5) is 5.39. The quantitative estimate of drug-likeness (QED) is 0.156. The second kappa shape index (κ2) is 14.1. The van der Waals surface area contributed by atoms with Crippen molar-refractivity contribution < 1.29 is 0 Å². The van der Waals surface area contributed by atoms with Gasteiger partial charge >= 0.3 is 0 Å². The second-order valence-corrected chi connectivity index (χ2v) is 17.1. The molecule has 0 aromatic heterocycles. The van der Waals surface area contributed by atoms with Gasteiger partial charge in [0.15, 0.2) is 0 Å². The lowest BCUT2D eigenvalue weighted by molar-refractivity contribution is 0.668. The summed E-state index contributed by atoms with van der Waals surface area (Å²) in [6.45, 7) is 7.12. The van der Waals surface area contributed by atoms with E-state index in [1.807, 2.05) is 42.6 Å². The Hall–Kier alpha value is -7.42. The van der Waals surface area contributed by atoms with E-state index in [4.69, 9.17) is 4.99 Å². The molecule has 2 aliphatic carbocycles. The van der Waals surface area contributed by atoms with E-state index in [0.29, 0.717) is 5.71 Å². The molecule has 0 bridgehead atoms. The smallest absolute Gasteiger partial charge is 0.0729 e. The first kappa shape index (κ1) is 36.6. The van der Waals surface area contributed by atoms with Gasteiger partial charge in [-0.25, -0.2) is 0 Å². The van der Waals surface area contributed by atoms with E-state index >= 15 is 0 Å². The molecule has 9 aromatic carbocycles. The van der Waals surface area contributed by atoms with Crippen molar-refractivity contribution in [3.8, 4) is 33.4 Å². The molecule has 61 heavy (non-hydrogen) atoms. The minimum absolute atomic E-state index is 0.197. The van der Waals surface area contributed by atoms with Crippen molar-refractivity contribution in [3.63, 3.8) is 0 Å². The largest absolute Gasteiger partial charge is 0.300 e. The first-order valence-corrected chi connectivity index (χ1v) is 21.2. The Morgan fingerprint density at radius 3 is 1.87 bits per heavy atom. The number of fused-ring (bicyclic) bond motifs is 9.